The summed E-state index contributed by atoms with van der Waals surface area (Å²) in [6, 6.07) is 0. The molecule has 0 aliphatic carbocycles. The highest BCUT2D eigenvalue weighted by Crippen LogP contribution is 1.87. The predicted octanol–water partition coefficient (Wildman–Crippen LogP) is 0.439. The number of hydrogen-bond donors (Lipinski definition) is 3. The molecule has 0 saturated carbocycles. The Morgan fingerprint density at radius 1 is 0.929 bits per heavy atom. The lowest BCUT2D eigenvalue weighted by Gasteiger charge is -1.89. The third kappa shape index (κ3) is 16.6. The first-order valence-corrected chi connectivity index (χ1v) is 3.64. The van der Waals surface area contributed by atoms with Gasteiger partial charge in [-0.25, -0.2) is 9.59 Å². The summed E-state index contributed by atoms with van der Waals surface area (Å²) >= 11 is 0. The topological polar surface area (TPSA) is 112 Å². The van der Waals surface area contributed by atoms with Crippen molar-refractivity contribution in [1.29, 1.82) is 0 Å². The van der Waals surface area contributed by atoms with E-state index >= 15 is 0 Å². The summed E-state index contributed by atoms with van der Waals surface area (Å²) < 4.78 is 0. The average molecular weight is 204 g/mol. The van der Waals surface area contributed by atoms with Gasteiger partial charge in [0.05, 0.1) is 5.92 Å². The molecule has 0 unspecified atom stereocenters. The van der Waals surface area contributed by atoms with Crippen LogP contribution in [0, 0.1) is 5.92 Å². The summed E-state index contributed by atoms with van der Waals surface area (Å²) in [6.07, 6.45) is 1.12. The van der Waals surface area contributed by atoms with Crippen LogP contribution in [0.4, 0.5) is 0 Å². The molecular weight excluding hydrogens is 192 g/mol. The second-order valence-electron chi connectivity index (χ2n) is 2.50. The Morgan fingerprint density at radius 2 is 1.14 bits per heavy atom. The molecule has 0 fully saturated rings. The molecule has 0 radical (unpaired) electrons. The first-order chi connectivity index (χ1) is 6.27. The van der Waals surface area contributed by atoms with Crippen LogP contribution in [0.1, 0.15) is 13.8 Å². The van der Waals surface area contributed by atoms with Crippen LogP contribution < -0.4 is 0 Å². The molecule has 0 atom stereocenters. The minimum absolute atomic E-state index is 0.231. The molecule has 0 aromatic heterocycles. The number of carbonyl (C=O) groups is 3. The molecule has 80 valence electrons. The lowest BCUT2D eigenvalue weighted by molar-refractivity contribution is -0.140. The molecule has 6 heteroatoms. The van der Waals surface area contributed by atoms with Crippen LogP contribution in [-0.2, 0) is 14.4 Å². The van der Waals surface area contributed by atoms with Gasteiger partial charge in [-0.15, -0.1) is 0 Å². The normalized spacial score (nSPS) is 9.36. The van der Waals surface area contributed by atoms with Crippen LogP contribution in [0.3, 0.4) is 0 Å². The van der Waals surface area contributed by atoms with Gasteiger partial charge in [0.2, 0.25) is 0 Å². The Labute approximate surface area is 80.5 Å². The van der Waals surface area contributed by atoms with E-state index < -0.39 is 17.9 Å². The number of rotatable bonds is 3. The van der Waals surface area contributed by atoms with Crippen LogP contribution in [0.5, 0.6) is 0 Å². The van der Waals surface area contributed by atoms with Crippen molar-refractivity contribution >= 4 is 17.9 Å². The lowest BCUT2D eigenvalue weighted by atomic mass is 10.2. The molecule has 0 amide bonds. The van der Waals surface area contributed by atoms with E-state index in [0.29, 0.717) is 12.2 Å². The van der Waals surface area contributed by atoms with E-state index in [1.54, 1.807) is 13.8 Å². The van der Waals surface area contributed by atoms with Gasteiger partial charge in [-0.1, -0.05) is 13.8 Å². The largest absolute Gasteiger partial charge is 0.481 e. The molecular formula is C8H12O6. The molecule has 0 aliphatic rings. The Hall–Kier alpha value is -1.85. The van der Waals surface area contributed by atoms with Crippen molar-refractivity contribution in [2.75, 3.05) is 0 Å². The summed E-state index contributed by atoms with van der Waals surface area (Å²) in [6.45, 7) is 3.28. The molecule has 0 saturated heterocycles. The maximum Gasteiger partial charge on any atom is 0.328 e. The van der Waals surface area contributed by atoms with E-state index in [9.17, 15) is 14.4 Å². The second-order valence-corrected chi connectivity index (χ2v) is 2.50. The van der Waals surface area contributed by atoms with E-state index in [1.165, 1.54) is 0 Å². The Balaban J connectivity index is 0. The second kappa shape index (κ2) is 7.78. The molecule has 0 aliphatic heterocycles. The van der Waals surface area contributed by atoms with Gasteiger partial charge in [-0.3, -0.25) is 4.79 Å². The summed E-state index contributed by atoms with van der Waals surface area (Å²) in [5, 5.41) is 23.6. The van der Waals surface area contributed by atoms with Crippen molar-refractivity contribution in [1.82, 2.24) is 0 Å². The van der Waals surface area contributed by atoms with Gasteiger partial charge in [0, 0.05) is 12.2 Å². The summed E-state index contributed by atoms with van der Waals surface area (Å²) in [5.41, 5.74) is 0. The van der Waals surface area contributed by atoms with Crippen molar-refractivity contribution in [3.63, 3.8) is 0 Å². The molecule has 0 bridgehead atoms. The van der Waals surface area contributed by atoms with Gasteiger partial charge < -0.3 is 15.3 Å². The first kappa shape index (κ1) is 14.7. The average Bonchev–Trinajstić information content (AvgIpc) is 2.01. The number of carboxylic acid groups (broad SMARTS) is 3. The van der Waals surface area contributed by atoms with Crippen molar-refractivity contribution in [3.05, 3.63) is 12.2 Å². The molecule has 0 aromatic carbocycles. The number of aliphatic carboxylic acids is 3. The van der Waals surface area contributed by atoms with E-state index in [4.69, 9.17) is 15.3 Å². The molecule has 14 heavy (non-hydrogen) atoms. The van der Waals surface area contributed by atoms with Crippen molar-refractivity contribution < 1.29 is 29.7 Å². The zero-order valence-electron chi connectivity index (χ0n) is 7.80. The van der Waals surface area contributed by atoms with Gasteiger partial charge in [0.15, 0.2) is 0 Å². The van der Waals surface area contributed by atoms with Gasteiger partial charge in [0.1, 0.15) is 0 Å². The molecule has 3 N–H and O–H groups in total. The third-order valence-corrected chi connectivity index (χ3v) is 0.862. The molecule has 0 spiro atoms. The van der Waals surface area contributed by atoms with E-state index in [2.05, 4.69) is 0 Å². The summed E-state index contributed by atoms with van der Waals surface area (Å²) in [4.78, 5) is 28.8. The quantitative estimate of drug-likeness (QED) is 0.575. The zero-order chi connectivity index (χ0) is 11.7. The van der Waals surface area contributed by atoms with Gasteiger partial charge in [-0.2, -0.15) is 0 Å². The Kier molecular flexibility index (Phi) is 8.15. The van der Waals surface area contributed by atoms with Crippen molar-refractivity contribution in [2.45, 2.75) is 13.8 Å². The first-order valence-electron chi connectivity index (χ1n) is 3.64. The van der Waals surface area contributed by atoms with E-state index in [1.807, 2.05) is 0 Å². The summed E-state index contributed by atoms with van der Waals surface area (Å²) in [7, 11) is 0. The molecule has 6 nitrogen and oxygen atoms in total. The highest BCUT2D eigenvalue weighted by Gasteiger charge is 1.99. The van der Waals surface area contributed by atoms with Gasteiger partial charge in [-0.05, 0) is 0 Å². The Bertz CT molecular complexity index is 224. The zero-order valence-corrected chi connectivity index (χ0v) is 7.80. The third-order valence-electron chi connectivity index (χ3n) is 0.862. The highest BCUT2D eigenvalue weighted by molar-refractivity contribution is 5.89. The molecule has 0 aromatic rings. The fourth-order valence-corrected chi connectivity index (χ4v) is 0.143. The van der Waals surface area contributed by atoms with Crippen LogP contribution in [0.2, 0.25) is 0 Å². The monoisotopic (exact) mass is 204 g/mol. The Morgan fingerprint density at radius 3 is 1.21 bits per heavy atom. The summed E-state index contributed by atoms with van der Waals surface area (Å²) in [5.74, 6) is -3.49. The van der Waals surface area contributed by atoms with E-state index in [-0.39, 0.29) is 5.92 Å². The minimum atomic E-state index is -1.26. The van der Waals surface area contributed by atoms with Crippen LogP contribution in [-0.4, -0.2) is 33.2 Å². The minimum Gasteiger partial charge on any atom is -0.481 e. The standard InChI is InChI=1S/C4H4O4.C4H8O2/c5-3(6)1-2-4(7)8;1-3(2)4(5)6/h1-2H,(H,5,6)(H,7,8);3H,1-2H3,(H,5,6)/b2-1+;. The van der Waals surface area contributed by atoms with Crippen molar-refractivity contribution in [2.24, 2.45) is 5.92 Å². The molecule has 0 heterocycles. The predicted molar refractivity (Wildman–Crippen MR) is 46.9 cm³/mol. The van der Waals surface area contributed by atoms with Crippen molar-refractivity contribution in [3.8, 4) is 0 Å². The van der Waals surface area contributed by atoms with Crippen LogP contribution >= 0.6 is 0 Å². The van der Waals surface area contributed by atoms with Crippen LogP contribution in [0.15, 0.2) is 12.2 Å². The van der Waals surface area contributed by atoms with Gasteiger partial charge >= 0.3 is 17.9 Å². The van der Waals surface area contributed by atoms with Gasteiger partial charge in [0.25, 0.3) is 0 Å². The fraction of sp³-hybridized carbons (Fsp3) is 0.375. The SMILES string of the molecule is CC(C)C(=O)O.O=C(O)/C=C/C(=O)O. The highest BCUT2D eigenvalue weighted by atomic mass is 16.4. The number of carboxylic acids is 3. The molecule has 0 rings (SSSR count). The maximum atomic E-state index is 9.70. The maximum absolute atomic E-state index is 9.70. The number of hydrogen-bond acceptors (Lipinski definition) is 3. The fourth-order valence-electron chi connectivity index (χ4n) is 0.143. The smallest absolute Gasteiger partial charge is 0.328 e. The van der Waals surface area contributed by atoms with Crippen LogP contribution in [0.25, 0.3) is 0 Å². The lowest BCUT2D eigenvalue weighted by Crippen LogP contribution is -2.03. The van der Waals surface area contributed by atoms with E-state index in [0.717, 1.165) is 0 Å².